The maximum atomic E-state index is 14.3. The topological polar surface area (TPSA) is 55.6 Å². The Labute approximate surface area is 149 Å². The summed E-state index contributed by atoms with van der Waals surface area (Å²) >= 11 is 6.16. The van der Waals surface area contributed by atoms with Crippen molar-refractivity contribution >= 4 is 17.5 Å². The minimum Gasteiger partial charge on any atom is -0.374 e. The van der Waals surface area contributed by atoms with Crippen LogP contribution in [0.1, 0.15) is 35.4 Å². The molecule has 25 heavy (non-hydrogen) atoms. The van der Waals surface area contributed by atoms with Crippen LogP contribution in [-0.2, 0) is 4.74 Å². The van der Waals surface area contributed by atoms with Crippen LogP contribution in [0.15, 0.2) is 22.7 Å². The Bertz CT molecular complexity index is 802. The molecule has 132 valence electrons. The van der Waals surface area contributed by atoms with Gasteiger partial charge in [0.25, 0.3) is 5.91 Å². The summed E-state index contributed by atoms with van der Waals surface area (Å²) in [5, 5.41) is 4.13. The number of halogens is 2. The fraction of sp³-hybridized carbons (Fsp3) is 0.444. The number of ether oxygens (including phenoxy) is 1. The molecule has 1 aliphatic heterocycles. The van der Waals surface area contributed by atoms with E-state index in [0.29, 0.717) is 18.9 Å². The van der Waals surface area contributed by atoms with Crippen molar-refractivity contribution < 1.29 is 18.4 Å². The molecule has 2 aromatic rings. The van der Waals surface area contributed by atoms with E-state index < -0.39 is 5.82 Å². The van der Waals surface area contributed by atoms with Gasteiger partial charge in [0.1, 0.15) is 22.8 Å². The van der Waals surface area contributed by atoms with Crippen LogP contribution in [-0.4, -0.2) is 41.3 Å². The Balaban J connectivity index is 1.76. The van der Waals surface area contributed by atoms with Gasteiger partial charge < -0.3 is 14.2 Å². The first kappa shape index (κ1) is 16.5. The van der Waals surface area contributed by atoms with E-state index in [0.717, 1.165) is 19.3 Å². The van der Waals surface area contributed by atoms with Gasteiger partial charge in [0.2, 0.25) is 0 Å². The summed E-state index contributed by atoms with van der Waals surface area (Å²) < 4.78 is 25.3. The van der Waals surface area contributed by atoms with E-state index in [1.807, 2.05) is 4.90 Å². The van der Waals surface area contributed by atoms with Crippen LogP contribution < -0.4 is 0 Å². The smallest absolute Gasteiger partial charge is 0.260 e. The zero-order chi connectivity index (χ0) is 17.6. The van der Waals surface area contributed by atoms with Gasteiger partial charge in [-0.25, -0.2) is 4.39 Å². The highest BCUT2D eigenvalue weighted by atomic mass is 35.5. The number of carbonyl (C=O) groups excluding carboxylic acids is 1. The molecule has 1 amide bonds. The molecule has 1 saturated heterocycles. The minimum atomic E-state index is -0.532. The molecule has 1 aromatic carbocycles. The lowest BCUT2D eigenvalue weighted by molar-refractivity contribution is -0.0445. The summed E-state index contributed by atoms with van der Waals surface area (Å²) in [5.41, 5.74) is 0.534. The quantitative estimate of drug-likeness (QED) is 0.812. The van der Waals surface area contributed by atoms with Crippen molar-refractivity contribution in [3.8, 4) is 11.3 Å². The predicted molar refractivity (Wildman–Crippen MR) is 90.1 cm³/mol. The SMILES string of the molecule is Cc1onc(-c2c(F)cccc2Cl)c1C(=O)N1CCOC2CCCC21. The Hall–Kier alpha value is -1.92. The van der Waals surface area contributed by atoms with E-state index in [9.17, 15) is 9.18 Å². The third-order valence-electron chi connectivity index (χ3n) is 5.02. The van der Waals surface area contributed by atoms with Crippen molar-refractivity contribution in [1.82, 2.24) is 10.1 Å². The van der Waals surface area contributed by atoms with Gasteiger partial charge in [0.05, 0.1) is 29.3 Å². The monoisotopic (exact) mass is 364 g/mol. The van der Waals surface area contributed by atoms with E-state index in [1.54, 1.807) is 13.0 Å². The van der Waals surface area contributed by atoms with Crippen molar-refractivity contribution in [2.45, 2.75) is 38.3 Å². The van der Waals surface area contributed by atoms with Crippen LogP contribution in [0.5, 0.6) is 0 Å². The van der Waals surface area contributed by atoms with Gasteiger partial charge in [0.15, 0.2) is 0 Å². The molecule has 5 nitrogen and oxygen atoms in total. The molecule has 1 aliphatic carbocycles. The first-order valence-corrected chi connectivity index (χ1v) is 8.79. The molecule has 1 aromatic heterocycles. The minimum absolute atomic E-state index is 0.0551. The summed E-state index contributed by atoms with van der Waals surface area (Å²) in [5.74, 6) is -0.371. The summed E-state index contributed by atoms with van der Waals surface area (Å²) in [6.07, 6.45) is 2.99. The van der Waals surface area contributed by atoms with Gasteiger partial charge >= 0.3 is 0 Å². The van der Waals surface area contributed by atoms with Crippen molar-refractivity contribution in [2.75, 3.05) is 13.2 Å². The lowest BCUT2D eigenvalue weighted by Crippen LogP contribution is -2.51. The van der Waals surface area contributed by atoms with Gasteiger partial charge in [-0.2, -0.15) is 0 Å². The molecular formula is C18H18ClFN2O3. The maximum Gasteiger partial charge on any atom is 0.260 e. The number of hydrogen-bond acceptors (Lipinski definition) is 4. The molecule has 0 N–H and O–H groups in total. The Morgan fingerprint density at radius 3 is 3.04 bits per heavy atom. The number of benzene rings is 1. The Morgan fingerprint density at radius 1 is 1.40 bits per heavy atom. The molecule has 4 rings (SSSR count). The largest absolute Gasteiger partial charge is 0.374 e. The van der Waals surface area contributed by atoms with Gasteiger partial charge in [-0.3, -0.25) is 4.79 Å². The standard InChI is InChI=1S/C18H18ClFN2O3/c1-10-15(17(21-25-10)16-11(19)4-2-5-12(16)20)18(23)22-8-9-24-14-7-3-6-13(14)22/h2,4-5,13-14H,3,6-9H2,1H3. The van der Waals surface area contributed by atoms with Crippen molar-refractivity contribution in [3.63, 3.8) is 0 Å². The fourth-order valence-electron chi connectivity index (χ4n) is 3.84. The van der Waals surface area contributed by atoms with E-state index in [4.69, 9.17) is 20.9 Å². The number of rotatable bonds is 2. The van der Waals surface area contributed by atoms with Gasteiger partial charge in [-0.1, -0.05) is 22.8 Å². The molecule has 7 heteroatoms. The molecule has 1 saturated carbocycles. The number of aryl methyl sites for hydroxylation is 1. The van der Waals surface area contributed by atoms with Crippen LogP contribution in [0.3, 0.4) is 0 Å². The van der Waals surface area contributed by atoms with E-state index >= 15 is 0 Å². The van der Waals surface area contributed by atoms with Crippen molar-refractivity contribution in [1.29, 1.82) is 0 Å². The molecular weight excluding hydrogens is 347 g/mol. The second-order valence-corrected chi connectivity index (χ2v) is 6.87. The Kier molecular flexibility index (Phi) is 4.25. The maximum absolute atomic E-state index is 14.3. The molecule has 0 radical (unpaired) electrons. The summed E-state index contributed by atoms with van der Waals surface area (Å²) in [6, 6.07) is 4.43. The number of morpholine rings is 1. The lowest BCUT2D eigenvalue weighted by atomic mass is 10.0. The van der Waals surface area contributed by atoms with Crippen molar-refractivity contribution in [2.24, 2.45) is 0 Å². The summed E-state index contributed by atoms with van der Waals surface area (Å²) in [7, 11) is 0. The molecule has 0 bridgehead atoms. The van der Waals surface area contributed by atoms with Gasteiger partial charge in [0, 0.05) is 6.54 Å². The Morgan fingerprint density at radius 2 is 2.24 bits per heavy atom. The molecule has 2 heterocycles. The second-order valence-electron chi connectivity index (χ2n) is 6.47. The van der Waals surface area contributed by atoms with Crippen LogP contribution in [0.4, 0.5) is 4.39 Å². The highest BCUT2D eigenvalue weighted by molar-refractivity contribution is 6.33. The molecule has 0 spiro atoms. The first-order chi connectivity index (χ1) is 12.1. The third kappa shape index (κ3) is 2.73. The second kappa shape index (κ2) is 6.42. The van der Waals surface area contributed by atoms with Crippen LogP contribution in [0.2, 0.25) is 5.02 Å². The summed E-state index contributed by atoms with van der Waals surface area (Å²) in [6.45, 7) is 2.67. The first-order valence-electron chi connectivity index (χ1n) is 8.41. The zero-order valence-corrected chi connectivity index (χ0v) is 14.6. The number of amides is 1. The average molecular weight is 365 g/mol. The molecule has 2 atom stereocenters. The number of carbonyl (C=O) groups is 1. The predicted octanol–water partition coefficient (Wildman–Crippen LogP) is 3.84. The van der Waals surface area contributed by atoms with E-state index in [2.05, 4.69) is 5.16 Å². The molecule has 2 unspecified atom stereocenters. The average Bonchev–Trinajstić information content (AvgIpc) is 3.20. The third-order valence-corrected chi connectivity index (χ3v) is 5.33. The molecule has 2 aliphatic rings. The number of fused-ring (bicyclic) bond motifs is 1. The zero-order valence-electron chi connectivity index (χ0n) is 13.8. The normalized spacial score (nSPS) is 22.9. The molecule has 2 fully saturated rings. The van der Waals surface area contributed by atoms with Gasteiger partial charge in [-0.05, 0) is 38.3 Å². The van der Waals surface area contributed by atoms with Crippen LogP contribution >= 0.6 is 11.6 Å². The number of aromatic nitrogens is 1. The summed E-state index contributed by atoms with van der Waals surface area (Å²) in [4.78, 5) is 15.1. The number of hydrogen-bond donors (Lipinski definition) is 0. The van der Waals surface area contributed by atoms with Crippen LogP contribution in [0, 0.1) is 12.7 Å². The van der Waals surface area contributed by atoms with Crippen molar-refractivity contribution in [3.05, 3.63) is 40.4 Å². The lowest BCUT2D eigenvalue weighted by Gasteiger charge is -2.37. The van der Waals surface area contributed by atoms with Gasteiger partial charge in [-0.15, -0.1) is 0 Å². The highest BCUT2D eigenvalue weighted by Crippen LogP contribution is 2.36. The van der Waals surface area contributed by atoms with Crippen LogP contribution in [0.25, 0.3) is 11.3 Å². The van der Waals surface area contributed by atoms with E-state index in [1.165, 1.54) is 12.1 Å². The number of nitrogens with zero attached hydrogens (tertiary/aromatic N) is 2. The van der Waals surface area contributed by atoms with E-state index in [-0.39, 0.29) is 39.9 Å². The fourth-order valence-corrected chi connectivity index (χ4v) is 4.09. The highest BCUT2D eigenvalue weighted by Gasteiger charge is 2.40.